The maximum absolute atomic E-state index is 5.94. The third-order valence-electron chi connectivity index (χ3n) is 11.2. The lowest BCUT2D eigenvalue weighted by atomic mass is 9.79. The summed E-state index contributed by atoms with van der Waals surface area (Å²) in [4.78, 5) is 0. The SMILES string of the molecule is C\C=C/C=C(\C=C/C)C(C)C.Cc1ccc(-c2ccc3c(c2)-c2ccc(C(C)(C)C)cc2C3(C)C)cc1.Cc1ccc(-c2cccc3oc4ccccc4c23)cc1. The summed E-state index contributed by atoms with van der Waals surface area (Å²) < 4.78 is 5.94. The summed E-state index contributed by atoms with van der Waals surface area (Å²) in [5.74, 6) is 0.613. The summed E-state index contributed by atoms with van der Waals surface area (Å²) in [6, 6.07) is 46.0. The molecule has 0 fully saturated rings. The van der Waals surface area contributed by atoms with Gasteiger partial charge in [-0.15, -0.1) is 0 Å². The molecule has 1 nitrogen and oxygen atoms in total. The quantitative estimate of drug-likeness (QED) is 0.160. The van der Waals surface area contributed by atoms with E-state index in [-0.39, 0.29) is 10.8 Å². The van der Waals surface area contributed by atoms with E-state index in [0.29, 0.717) is 5.92 Å². The highest BCUT2D eigenvalue weighted by atomic mass is 16.3. The Bertz CT molecular complexity index is 2560. The molecule has 290 valence electrons. The lowest BCUT2D eigenvalue weighted by molar-refractivity contribution is 0.584. The van der Waals surface area contributed by atoms with E-state index in [4.69, 9.17) is 4.42 Å². The van der Waals surface area contributed by atoms with Crippen LogP contribution in [0.4, 0.5) is 0 Å². The maximum Gasteiger partial charge on any atom is 0.136 e. The van der Waals surface area contributed by atoms with Gasteiger partial charge in [-0.1, -0.05) is 199 Å². The minimum absolute atomic E-state index is 0.0533. The summed E-state index contributed by atoms with van der Waals surface area (Å²) in [5.41, 5.74) is 18.2. The Kier molecular flexibility index (Phi) is 12.4. The number of para-hydroxylation sites is 1. The van der Waals surface area contributed by atoms with E-state index in [2.05, 4.69) is 196 Å². The fraction of sp³-hybridized carbons (Fsp3) is 0.250. The van der Waals surface area contributed by atoms with Crippen LogP contribution in [0.5, 0.6) is 0 Å². The molecule has 0 atom stereocenters. The summed E-state index contributed by atoms with van der Waals surface area (Å²) >= 11 is 0. The van der Waals surface area contributed by atoms with Gasteiger partial charge in [-0.25, -0.2) is 0 Å². The summed E-state index contributed by atoms with van der Waals surface area (Å²) in [6.07, 6.45) is 10.5. The van der Waals surface area contributed by atoms with Gasteiger partial charge in [0, 0.05) is 16.2 Å². The molecular weight excluding hydrogens is 689 g/mol. The fourth-order valence-corrected chi connectivity index (χ4v) is 7.73. The van der Waals surface area contributed by atoms with Crippen molar-refractivity contribution in [3.05, 3.63) is 191 Å². The van der Waals surface area contributed by atoms with E-state index < -0.39 is 0 Å². The lowest BCUT2D eigenvalue weighted by Crippen LogP contribution is -2.17. The van der Waals surface area contributed by atoms with Gasteiger partial charge in [0.05, 0.1) is 0 Å². The molecule has 1 aliphatic carbocycles. The molecule has 0 radical (unpaired) electrons. The van der Waals surface area contributed by atoms with Crippen LogP contribution in [0.1, 0.15) is 90.1 Å². The Morgan fingerprint density at radius 3 is 1.86 bits per heavy atom. The van der Waals surface area contributed by atoms with Crippen molar-refractivity contribution in [2.45, 2.75) is 87.0 Å². The monoisotopic (exact) mass is 748 g/mol. The van der Waals surface area contributed by atoms with E-state index in [1.54, 1.807) is 0 Å². The summed E-state index contributed by atoms with van der Waals surface area (Å²) in [6.45, 7) is 24.3. The Morgan fingerprint density at radius 1 is 0.596 bits per heavy atom. The number of aryl methyl sites for hydroxylation is 2. The molecule has 0 unspecified atom stereocenters. The molecule has 57 heavy (non-hydrogen) atoms. The predicted molar refractivity (Wildman–Crippen MR) is 249 cm³/mol. The molecule has 7 aromatic rings. The first-order valence-electron chi connectivity index (χ1n) is 20.5. The molecule has 0 spiro atoms. The van der Waals surface area contributed by atoms with Crippen molar-refractivity contribution in [3.8, 4) is 33.4 Å². The van der Waals surface area contributed by atoms with Crippen LogP contribution < -0.4 is 0 Å². The van der Waals surface area contributed by atoms with Gasteiger partial charge in [-0.05, 0) is 113 Å². The van der Waals surface area contributed by atoms with E-state index >= 15 is 0 Å². The van der Waals surface area contributed by atoms with Crippen LogP contribution >= 0.6 is 0 Å². The highest BCUT2D eigenvalue weighted by Crippen LogP contribution is 2.50. The fourth-order valence-electron chi connectivity index (χ4n) is 7.73. The van der Waals surface area contributed by atoms with Crippen molar-refractivity contribution in [3.63, 3.8) is 0 Å². The van der Waals surface area contributed by atoms with Gasteiger partial charge in [0.2, 0.25) is 0 Å². The molecule has 0 amide bonds. The second-order valence-electron chi connectivity index (χ2n) is 17.3. The molecule has 0 N–H and O–H groups in total. The predicted octanol–water partition coefficient (Wildman–Crippen LogP) is 16.5. The van der Waals surface area contributed by atoms with Crippen molar-refractivity contribution in [1.82, 2.24) is 0 Å². The number of rotatable bonds is 5. The first-order valence-corrected chi connectivity index (χ1v) is 20.5. The van der Waals surface area contributed by atoms with Crippen molar-refractivity contribution < 1.29 is 4.42 Å². The van der Waals surface area contributed by atoms with Gasteiger partial charge < -0.3 is 4.42 Å². The lowest BCUT2D eigenvalue weighted by Gasteiger charge is -2.25. The van der Waals surface area contributed by atoms with E-state index in [9.17, 15) is 0 Å². The smallest absolute Gasteiger partial charge is 0.136 e. The molecule has 0 aliphatic heterocycles. The van der Waals surface area contributed by atoms with Crippen molar-refractivity contribution >= 4 is 21.9 Å². The molecule has 1 aliphatic rings. The van der Waals surface area contributed by atoms with Gasteiger partial charge in [-0.2, -0.15) is 0 Å². The van der Waals surface area contributed by atoms with Crippen molar-refractivity contribution in [2.75, 3.05) is 0 Å². The third kappa shape index (κ3) is 9.00. The molecule has 1 heterocycles. The molecular formula is C56H60O. The van der Waals surface area contributed by atoms with Gasteiger partial charge in [0.25, 0.3) is 0 Å². The summed E-state index contributed by atoms with van der Waals surface area (Å²) in [7, 11) is 0. The minimum Gasteiger partial charge on any atom is -0.456 e. The van der Waals surface area contributed by atoms with E-state index in [1.165, 1.54) is 77.5 Å². The van der Waals surface area contributed by atoms with Crippen molar-refractivity contribution in [1.29, 1.82) is 0 Å². The van der Waals surface area contributed by atoms with Gasteiger partial charge >= 0.3 is 0 Å². The Hall–Kier alpha value is -5.66. The molecule has 0 saturated carbocycles. The minimum atomic E-state index is 0.0533. The van der Waals surface area contributed by atoms with Gasteiger partial charge in [0.1, 0.15) is 11.2 Å². The largest absolute Gasteiger partial charge is 0.456 e. The third-order valence-corrected chi connectivity index (χ3v) is 11.2. The van der Waals surface area contributed by atoms with E-state index in [0.717, 1.165) is 11.2 Å². The first-order chi connectivity index (χ1) is 27.2. The first kappa shape index (κ1) is 41.0. The molecule has 1 heteroatoms. The Morgan fingerprint density at radius 2 is 1.23 bits per heavy atom. The van der Waals surface area contributed by atoms with Crippen LogP contribution in [0.25, 0.3) is 55.3 Å². The Labute approximate surface area is 342 Å². The van der Waals surface area contributed by atoms with E-state index in [1.807, 2.05) is 38.1 Å². The highest BCUT2D eigenvalue weighted by molar-refractivity contribution is 6.12. The molecule has 1 aromatic heterocycles. The molecule has 0 saturated heterocycles. The second kappa shape index (κ2) is 17.2. The van der Waals surface area contributed by atoms with Crippen LogP contribution in [0.15, 0.2) is 168 Å². The number of fused-ring (bicyclic) bond motifs is 6. The number of hydrogen-bond donors (Lipinski definition) is 0. The van der Waals surface area contributed by atoms with Crippen LogP contribution in [-0.2, 0) is 10.8 Å². The molecule has 6 aromatic carbocycles. The van der Waals surface area contributed by atoms with Crippen LogP contribution in [0.2, 0.25) is 0 Å². The molecule has 0 bridgehead atoms. The summed E-state index contributed by atoms with van der Waals surface area (Å²) in [5, 5.41) is 2.38. The highest BCUT2D eigenvalue weighted by Gasteiger charge is 2.36. The average molecular weight is 749 g/mol. The number of hydrogen-bond acceptors (Lipinski definition) is 1. The average Bonchev–Trinajstić information content (AvgIpc) is 3.69. The van der Waals surface area contributed by atoms with Crippen LogP contribution in [-0.4, -0.2) is 0 Å². The zero-order valence-corrected chi connectivity index (χ0v) is 36.0. The van der Waals surface area contributed by atoms with Crippen LogP contribution in [0, 0.1) is 19.8 Å². The number of benzene rings is 6. The zero-order valence-electron chi connectivity index (χ0n) is 36.0. The second-order valence-corrected chi connectivity index (χ2v) is 17.3. The number of allylic oxidation sites excluding steroid dienone is 6. The Balaban J connectivity index is 0.000000157. The van der Waals surface area contributed by atoms with Gasteiger partial charge in [-0.3, -0.25) is 0 Å². The zero-order chi connectivity index (χ0) is 40.9. The standard InChI is InChI=1S/C26H28.C19H14O.C11H18/c1-17-7-9-18(10-8-17)19-11-14-23-22(15-19)21-13-12-20(25(2,3)4)16-24(21)26(23,5)6;1-13-9-11-14(12-10-13)15-6-4-8-18-19(15)16-5-2-3-7-17(16)20-18;1-5-7-9-11(8-6-2)10(3)4/h7-16H,1-6H3;2-12H,1H3;5-10H,1-4H3/b;;7-5-,8-6-,11-9+. The van der Waals surface area contributed by atoms with Gasteiger partial charge in [0.15, 0.2) is 0 Å². The normalized spacial score (nSPS) is 13.4. The topological polar surface area (TPSA) is 13.1 Å². The number of furan rings is 1. The van der Waals surface area contributed by atoms with Crippen molar-refractivity contribution in [2.24, 2.45) is 5.92 Å². The molecule has 8 rings (SSSR count). The maximum atomic E-state index is 5.94. The van der Waals surface area contributed by atoms with Crippen LogP contribution in [0.3, 0.4) is 0 Å².